The Hall–Kier alpha value is -1.65. The lowest BCUT2D eigenvalue weighted by atomic mass is 9.83. The van der Waals surface area contributed by atoms with E-state index in [0.29, 0.717) is 17.4 Å². The molecule has 1 aromatic heterocycles. The fourth-order valence-corrected chi connectivity index (χ4v) is 2.86. The summed E-state index contributed by atoms with van der Waals surface area (Å²) in [6.07, 6.45) is 5.89. The maximum Gasteiger partial charge on any atom is 0.272 e. The predicted molar refractivity (Wildman–Crippen MR) is 79.7 cm³/mol. The Morgan fingerprint density at radius 2 is 2.05 bits per heavy atom. The average Bonchev–Trinajstić information content (AvgIpc) is 2.49. The number of nitrogens with one attached hydrogen (secondary N) is 2. The Kier molecular flexibility index (Phi) is 5.32. The number of hydrogen-bond acceptors (Lipinski definition) is 4. The monoisotopic (exact) mass is 276 g/mol. The third kappa shape index (κ3) is 3.68. The third-order valence-electron chi connectivity index (χ3n) is 4.01. The zero-order valence-corrected chi connectivity index (χ0v) is 12.4. The van der Waals surface area contributed by atoms with Gasteiger partial charge in [0, 0.05) is 12.6 Å². The molecule has 0 radical (unpaired) electrons. The van der Waals surface area contributed by atoms with Crippen LogP contribution in [0.2, 0.25) is 0 Å². The lowest BCUT2D eigenvalue weighted by molar-refractivity contribution is 0.0898. The van der Waals surface area contributed by atoms with Crippen molar-refractivity contribution in [3.8, 4) is 0 Å². The molecule has 1 aliphatic rings. The lowest BCUT2D eigenvalue weighted by Gasteiger charge is -2.31. The molecule has 2 rings (SSSR count). The molecule has 2 unspecified atom stereocenters. The molecule has 1 amide bonds. The summed E-state index contributed by atoms with van der Waals surface area (Å²) in [5.41, 5.74) is 0.395. The van der Waals surface area contributed by atoms with E-state index in [1.165, 1.54) is 19.3 Å². The lowest BCUT2D eigenvalue weighted by Crippen LogP contribution is -2.42. The quantitative estimate of drug-likeness (QED) is 0.867. The van der Waals surface area contributed by atoms with E-state index in [1.54, 1.807) is 12.1 Å². The molecule has 0 aromatic carbocycles. The zero-order valence-electron chi connectivity index (χ0n) is 12.4. The molecule has 5 nitrogen and oxygen atoms in total. The summed E-state index contributed by atoms with van der Waals surface area (Å²) in [5, 5.41) is 14.2. The molecule has 1 aromatic rings. The van der Waals surface area contributed by atoms with Gasteiger partial charge in [-0.2, -0.15) is 0 Å². The number of rotatable bonds is 5. The molecular weight excluding hydrogens is 252 g/mol. The first-order valence-electron chi connectivity index (χ1n) is 7.63. The SMILES string of the molecule is CCNc1ccc(C(=O)NC2CCCCC2CC)nn1. The fourth-order valence-electron chi connectivity index (χ4n) is 2.86. The summed E-state index contributed by atoms with van der Waals surface area (Å²) in [6, 6.07) is 3.81. The number of anilines is 1. The Balaban J connectivity index is 1.96. The summed E-state index contributed by atoms with van der Waals surface area (Å²) in [4.78, 5) is 12.2. The van der Waals surface area contributed by atoms with Crippen LogP contribution < -0.4 is 10.6 Å². The molecule has 2 atom stereocenters. The Morgan fingerprint density at radius 1 is 1.25 bits per heavy atom. The van der Waals surface area contributed by atoms with E-state index in [0.717, 1.165) is 19.4 Å². The van der Waals surface area contributed by atoms with E-state index >= 15 is 0 Å². The Morgan fingerprint density at radius 3 is 2.70 bits per heavy atom. The van der Waals surface area contributed by atoms with Crippen molar-refractivity contribution in [1.29, 1.82) is 0 Å². The van der Waals surface area contributed by atoms with E-state index in [1.807, 2.05) is 6.92 Å². The number of nitrogens with zero attached hydrogens (tertiary/aromatic N) is 2. The summed E-state index contributed by atoms with van der Waals surface area (Å²) in [6.45, 7) is 4.98. The van der Waals surface area contributed by atoms with Crippen LogP contribution in [0, 0.1) is 5.92 Å². The van der Waals surface area contributed by atoms with Crippen molar-refractivity contribution in [2.75, 3.05) is 11.9 Å². The molecule has 0 saturated heterocycles. The van der Waals surface area contributed by atoms with Gasteiger partial charge in [-0.3, -0.25) is 4.79 Å². The highest BCUT2D eigenvalue weighted by Gasteiger charge is 2.25. The highest BCUT2D eigenvalue weighted by Crippen LogP contribution is 2.26. The Bertz CT molecular complexity index is 432. The van der Waals surface area contributed by atoms with Gasteiger partial charge in [0.2, 0.25) is 0 Å². The number of aromatic nitrogens is 2. The van der Waals surface area contributed by atoms with Crippen LogP contribution in [0.4, 0.5) is 5.82 Å². The minimum absolute atomic E-state index is 0.106. The van der Waals surface area contributed by atoms with Crippen LogP contribution in [0.25, 0.3) is 0 Å². The number of hydrogen-bond donors (Lipinski definition) is 2. The van der Waals surface area contributed by atoms with E-state index in [2.05, 4.69) is 27.8 Å². The van der Waals surface area contributed by atoms with Gasteiger partial charge in [0.1, 0.15) is 5.82 Å². The molecular formula is C15H24N4O. The largest absolute Gasteiger partial charge is 0.369 e. The highest BCUT2D eigenvalue weighted by atomic mass is 16.2. The van der Waals surface area contributed by atoms with Crippen molar-refractivity contribution in [2.24, 2.45) is 5.92 Å². The molecule has 0 aliphatic heterocycles. The number of carbonyl (C=O) groups excluding carboxylic acids is 1. The first kappa shape index (κ1) is 14.8. The predicted octanol–water partition coefficient (Wildman–Crippen LogP) is 2.61. The second-order valence-corrected chi connectivity index (χ2v) is 5.37. The van der Waals surface area contributed by atoms with Crippen LogP contribution in [0.1, 0.15) is 56.4 Å². The van der Waals surface area contributed by atoms with Crippen LogP contribution in [0.3, 0.4) is 0 Å². The number of amides is 1. The Labute approximate surface area is 120 Å². The normalized spacial score (nSPS) is 22.3. The molecule has 2 N–H and O–H groups in total. The van der Waals surface area contributed by atoms with Crippen LogP contribution in [-0.4, -0.2) is 28.7 Å². The smallest absolute Gasteiger partial charge is 0.272 e. The fraction of sp³-hybridized carbons (Fsp3) is 0.667. The van der Waals surface area contributed by atoms with Crippen LogP contribution >= 0.6 is 0 Å². The van der Waals surface area contributed by atoms with Gasteiger partial charge in [0.25, 0.3) is 5.91 Å². The van der Waals surface area contributed by atoms with Gasteiger partial charge < -0.3 is 10.6 Å². The molecule has 5 heteroatoms. The first-order valence-corrected chi connectivity index (χ1v) is 7.63. The van der Waals surface area contributed by atoms with E-state index in [4.69, 9.17) is 0 Å². The molecule has 0 spiro atoms. The van der Waals surface area contributed by atoms with Crippen LogP contribution in [0.5, 0.6) is 0 Å². The van der Waals surface area contributed by atoms with Crippen molar-refractivity contribution in [1.82, 2.24) is 15.5 Å². The minimum Gasteiger partial charge on any atom is -0.369 e. The van der Waals surface area contributed by atoms with Gasteiger partial charge in [-0.05, 0) is 37.8 Å². The standard InChI is InChI=1S/C15H24N4O/c1-3-11-7-5-6-8-12(11)17-15(20)13-9-10-14(16-4-2)19-18-13/h9-12H,3-8H2,1-2H3,(H,16,19)(H,17,20). The van der Waals surface area contributed by atoms with Crippen LogP contribution in [-0.2, 0) is 0 Å². The molecule has 1 saturated carbocycles. The topological polar surface area (TPSA) is 66.9 Å². The van der Waals surface area contributed by atoms with Crippen molar-refractivity contribution >= 4 is 11.7 Å². The summed E-state index contributed by atoms with van der Waals surface area (Å²) < 4.78 is 0. The summed E-state index contributed by atoms with van der Waals surface area (Å²) in [7, 11) is 0. The van der Waals surface area contributed by atoms with E-state index < -0.39 is 0 Å². The van der Waals surface area contributed by atoms with Crippen molar-refractivity contribution in [2.45, 2.75) is 52.0 Å². The van der Waals surface area contributed by atoms with Crippen molar-refractivity contribution in [3.63, 3.8) is 0 Å². The van der Waals surface area contributed by atoms with Crippen molar-refractivity contribution < 1.29 is 4.79 Å². The van der Waals surface area contributed by atoms with Gasteiger partial charge in [-0.25, -0.2) is 0 Å². The van der Waals surface area contributed by atoms with Crippen LogP contribution in [0.15, 0.2) is 12.1 Å². The van der Waals surface area contributed by atoms with Gasteiger partial charge in [0.15, 0.2) is 5.69 Å². The van der Waals surface area contributed by atoms with Gasteiger partial charge in [0.05, 0.1) is 0 Å². The zero-order chi connectivity index (χ0) is 14.4. The van der Waals surface area contributed by atoms with E-state index in [-0.39, 0.29) is 11.9 Å². The second-order valence-electron chi connectivity index (χ2n) is 5.37. The molecule has 1 fully saturated rings. The third-order valence-corrected chi connectivity index (χ3v) is 4.01. The average molecular weight is 276 g/mol. The second kappa shape index (κ2) is 7.22. The summed E-state index contributed by atoms with van der Waals surface area (Å²) >= 11 is 0. The molecule has 110 valence electrons. The summed E-state index contributed by atoms with van der Waals surface area (Å²) in [5.74, 6) is 1.20. The van der Waals surface area contributed by atoms with Crippen molar-refractivity contribution in [3.05, 3.63) is 17.8 Å². The van der Waals surface area contributed by atoms with Gasteiger partial charge in [-0.1, -0.05) is 26.2 Å². The maximum atomic E-state index is 12.2. The molecule has 20 heavy (non-hydrogen) atoms. The van der Waals surface area contributed by atoms with E-state index in [9.17, 15) is 4.79 Å². The molecule has 0 bridgehead atoms. The number of carbonyl (C=O) groups is 1. The van der Waals surface area contributed by atoms with Gasteiger partial charge >= 0.3 is 0 Å². The molecule has 1 heterocycles. The van der Waals surface area contributed by atoms with Gasteiger partial charge in [-0.15, -0.1) is 10.2 Å². The highest BCUT2D eigenvalue weighted by molar-refractivity contribution is 5.92. The maximum absolute atomic E-state index is 12.2. The first-order chi connectivity index (χ1) is 9.74. The minimum atomic E-state index is -0.106. The molecule has 1 aliphatic carbocycles.